The number of hydrogen-bond acceptors (Lipinski definition) is 3. The summed E-state index contributed by atoms with van der Waals surface area (Å²) in [5, 5.41) is 4.20. The Bertz CT molecular complexity index is 706. The van der Waals surface area contributed by atoms with Gasteiger partial charge in [-0.1, -0.05) is 66.4 Å². The largest absolute Gasteiger partial charge is 0.356 e. The Kier molecular flexibility index (Phi) is 4.89. The number of likely N-dealkylation sites (tertiary alicyclic amines) is 1. The SMILES string of the molecule is C=C/C=C(\C=C/C)c1cc(CN2CC(c3ccccc3)C2)no1. The Labute approximate surface area is 137 Å². The van der Waals surface area contributed by atoms with E-state index in [0.717, 1.165) is 36.7 Å². The topological polar surface area (TPSA) is 29.3 Å². The van der Waals surface area contributed by atoms with Crippen LogP contribution in [0.4, 0.5) is 0 Å². The van der Waals surface area contributed by atoms with Crippen LogP contribution in [-0.2, 0) is 6.54 Å². The van der Waals surface area contributed by atoms with Crippen LogP contribution in [0, 0.1) is 0 Å². The molecule has 1 aliphatic rings. The molecule has 1 aromatic heterocycles. The number of benzene rings is 1. The molecule has 1 aromatic carbocycles. The Morgan fingerprint density at radius 1 is 1.35 bits per heavy atom. The van der Waals surface area contributed by atoms with Crippen molar-refractivity contribution >= 4 is 5.57 Å². The van der Waals surface area contributed by atoms with Gasteiger partial charge in [-0.2, -0.15) is 0 Å². The van der Waals surface area contributed by atoms with Crippen molar-refractivity contribution in [1.82, 2.24) is 10.1 Å². The zero-order valence-electron chi connectivity index (χ0n) is 13.5. The summed E-state index contributed by atoms with van der Waals surface area (Å²) in [5.41, 5.74) is 3.40. The quantitative estimate of drug-likeness (QED) is 0.740. The first-order valence-corrected chi connectivity index (χ1v) is 7.99. The monoisotopic (exact) mass is 306 g/mol. The van der Waals surface area contributed by atoms with Crippen LogP contribution in [0.5, 0.6) is 0 Å². The van der Waals surface area contributed by atoms with Gasteiger partial charge in [0.15, 0.2) is 5.76 Å². The summed E-state index contributed by atoms with van der Waals surface area (Å²) in [7, 11) is 0. The van der Waals surface area contributed by atoms with Crippen molar-refractivity contribution in [3.63, 3.8) is 0 Å². The summed E-state index contributed by atoms with van der Waals surface area (Å²) in [4.78, 5) is 2.39. The average Bonchev–Trinajstić information content (AvgIpc) is 3.00. The first-order chi connectivity index (χ1) is 11.3. The molecule has 0 bridgehead atoms. The number of aromatic nitrogens is 1. The summed E-state index contributed by atoms with van der Waals surface area (Å²) in [6, 6.07) is 12.7. The molecule has 0 saturated carbocycles. The smallest absolute Gasteiger partial charge is 0.167 e. The summed E-state index contributed by atoms with van der Waals surface area (Å²) in [6.07, 6.45) is 7.68. The Morgan fingerprint density at radius 3 is 2.83 bits per heavy atom. The molecule has 0 N–H and O–H groups in total. The fourth-order valence-corrected chi connectivity index (χ4v) is 2.91. The second kappa shape index (κ2) is 7.25. The lowest BCUT2D eigenvalue weighted by Crippen LogP contribution is -2.44. The maximum atomic E-state index is 5.47. The van der Waals surface area contributed by atoms with Gasteiger partial charge in [0, 0.05) is 37.2 Å². The lowest BCUT2D eigenvalue weighted by Gasteiger charge is -2.39. The molecule has 118 valence electrons. The van der Waals surface area contributed by atoms with Crippen LogP contribution in [0.15, 0.2) is 71.8 Å². The fourth-order valence-electron chi connectivity index (χ4n) is 2.91. The zero-order chi connectivity index (χ0) is 16.1. The van der Waals surface area contributed by atoms with Crippen LogP contribution in [0.1, 0.15) is 29.9 Å². The highest BCUT2D eigenvalue weighted by Crippen LogP contribution is 2.28. The molecule has 1 aliphatic heterocycles. The first-order valence-electron chi connectivity index (χ1n) is 7.99. The third-order valence-corrected chi connectivity index (χ3v) is 4.10. The summed E-state index contributed by atoms with van der Waals surface area (Å²) in [6.45, 7) is 8.72. The van der Waals surface area contributed by atoms with Gasteiger partial charge in [0.1, 0.15) is 0 Å². The minimum Gasteiger partial charge on any atom is -0.356 e. The van der Waals surface area contributed by atoms with Gasteiger partial charge in [-0.3, -0.25) is 4.90 Å². The van der Waals surface area contributed by atoms with Gasteiger partial charge >= 0.3 is 0 Å². The van der Waals surface area contributed by atoms with Crippen molar-refractivity contribution in [2.45, 2.75) is 19.4 Å². The normalized spacial score (nSPS) is 16.7. The van der Waals surface area contributed by atoms with E-state index in [1.807, 2.05) is 31.2 Å². The predicted molar refractivity (Wildman–Crippen MR) is 94.0 cm³/mol. The second-order valence-corrected chi connectivity index (χ2v) is 5.84. The van der Waals surface area contributed by atoms with E-state index in [1.165, 1.54) is 5.56 Å². The molecule has 3 rings (SSSR count). The lowest BCUT2D eigenvalue weighted by atomic mass is 9.91. The fraction of sp³-hybridized carbons (Fsp3) is 0.250. The molecule has 0 radical (unpaired) electrons. The molecule has 2 aromatic rings. The van der Waals surface area contributed by atoms with E-state index < -0.39 is 0 Å². The molecule has 2 heterocycles. The molecule has 1 fully saturated rings. The average molecular weight is 306 g/mol. The van der Waals surface area contributed by atoms with Gasteiger partial charge < -0.3 is 4.52 Å². The third-order valence-electron chi connectivity index (χ3n) is 4.10. The summed E-state index contributed by atoms with van der Waals surface area (Å²) < 4.78 is 5.47. The predicted octanol–water partition coefficient (Wildman–Crippen LogP) is 4.42. The van der Waals surface area contributed by atoms with E-state index >= 15 is 0 Å². The molecule has 3 heteroatoms. The highest BCUT2D eigenvalue weighted by molar-refractivity contribution is 5.71. The lowest BCUT2D eigenvalue weighted by molar-refractivity contribution is 0.136. The van der Waals surface area contributed by atoms with E-state index in [9.17, 15) is 0 Å². The highest BCUT2D eigenvalue weighted by atomic mass is 16.5. The van der Waals surface area contributed by atoms with Crippen LogP contribution in [0.25, 0.3) is 5.57 Å². The molecule has 0 amide bonds. The molecule has 0 spiro atoms. The van der Waals surface area contributed by atoms with Crippen LogP contribution >= 0.6 is 0 Å². The van der Waals surface area contributed by atoms with Crippen molar-refractivity contribution < 1.29 is 4.52 Å². The molecular weight excluding hydrogens is 284 g/mol. The van der Waals surface area contributed by atoms with Crippen LogP contribution in [0.2, 0.25) is 0 Å². The Morgan fingerprint density at radius 2 is 2.13 bits per heavy atom. The zero-order valence-corrected chi connectivity index (χ0v) is 13.5. The van der Waals surface area contributed by atoms with Gasteiger partial charge in [0.25, 0.3) is 0 Å². The van der Waals surface area contributed by atoms with Gasteiger partial charge in [0.05, 0.1) is 5.69 Å². The molecular formula is C20H22N2O. The van der Waals surface area contributed by atoms with Crippen LogP contribution in [0.3, 0.4) is 0 Å². The standard InChI is InChI=1S/C20H22N2O/c1-3-8-17(9-4-2)20-12-19(21-23-20)15-22-13-18(14-22)16-10-6-5-7-11-16/h3-12,18H,1,13-15H2,2H3/b9-4-,17-8+. The van der Waals surface area contributed by atoms with Crippen molar-refractivity contribution in [3.05, 3.63) is 84.3 Å². The van der Waals surface area contributed by atoms with Crippen molar-refractivity contribution in [1.29, 1.82) is 0 Å². The highest BCUT2D eigenvalue weighted by Gasteiger charge is 2.28. The van der Waals surface area contributed by atoms with Crippen molar-refractivity contribution in [2.75, 3.05) is 13.1 Å². The molecule has 23 heavy (non-hydrogen) atoms. The molecule has 3 nitrogen and oxygen atoms in total. The van der Waals surface area contributed by atoms with E-state index in [0.29, 0.717) is 5.92 Å². The van der Waals surface area contributed by atoms with Gasteiger partial charge in [-0.15, -0.1) is 0 Å². The summed E-state index contributed by atoms with van der Waals surface area (Å²) in [5.74, 6) is 1.43. The van der Waals surface area contributed by atoms with E-state index in [1.54, 1.807) is 6.08 Å². The number of nitrogens with zero attached hydrogens (tertiary/aromatic N) is 2. The van der Waals surface area contributed by atoms with Gasteiger partial charge in [-0.05, 0) is 12.5 Å². The maximum Gasteiger partial charge on any atom is 0.167 e. The Balaban J connectivity index is 1.58. The van der Waals surface area contributed by atoms with E-state index in [4.69, 9.17) is 4.52 Å². The Hall–Kier alpha value is -2.39. The van der Waals surface area contributed by atoms with Gasteiger partial charge in [-0.25, -0.2) is 0 Å². The van der Waals surface area contributed by atoms with E-state index in [2.05, 4.69) is 47.0 Å². The molecule has 0 unspecified atom stereocenters. The van der Waals surface area contributed by atoms with E-state index in [-0.39, 0.29) is 0 Å². The maximum absolute atomic E-state index is 5.47. The molecule has 1 saturated heterocycles. The minimum atomic E-state index is 0.641. The molecule has 0 atom stereocenters. The number of rotatable bonds is 6. The molecule has 0 aliphatic carbocycles. The van der Waals surface area contributed by atoms with Crippen LogP contribution < -0.4 is 0 Å². The van der Waals surface area contributed by atoms with Gasteiger partial charge in [0.2, 0.25) is 0 Å². The summed E-state index contributed by atoms with van der Waals surface area (Å²) >= 11 is 0. The number of hydrogen-bond donors (Lipinski definition) is 0. The number of allylic oxidation sites excluding steroid dienone is 5. The second-order valence-electron chi connectivity index (χ2n) is 5.84. The van der Waals surface area contributed by atoms with Crippen molar-refractivity contribution in [2.24, 2.45) is 0 Å². The third kappa shape index (κ3) is 3.69. The minimum absolute atomic E-state index is 0.641. The first kappa shape index (κ1) is 15.5. The van der Waals surface area contributed by atoms with Crippen LogP contribution in [-0.4, -0.2) is 23.1 Å². The van der Waals surface area contributed by atoms with Crippen molar-refractivity contribution in [3.8, 4) is 0 Å².